The second-order valence-electron chi connectivity index (χ2n) is 4.37. The molecule has 94 valence electrons. The number of hydrogen-bond acceptors (Lipinski definition) is 4. The number of pyridine rings is 1. The molecule has 2 aromatic rings. The number of aromatic nitrogens is 3. The summed E-state index contributed by atoms with van der Waals surface area (Å²) in [6, 6.07) is 4.85. The molecule has 2 N–H and O–H groups in total. The van der Waals surface area contributed by atoms with Gasteiger partial charge in [-0.25, -0.2) is 19.3 Å². The molecule has 1 unspecified atom stereocenters. The van der Waals surface area contributed by atoms with Gasteiger partial charge in [-0.05, 0) is 32.0 Å². The molecule has 2 rings (SSSR count). The fraction of sp³-hybridized carbons (Fsp3) is 0.308. The molecule has 4 nitrogen and oxygen atoms in total. The molecule has 5 heteroatoms. The van der Waals surface area contributed by atoms with Crippen LogP contribution in [0.1, 0.15) is 18.3 Å². The van der Waals surface area contributed by atoms with E-state index in [0.717, 1.165) is 17.6 Å². The Morgan fingerprint density at radius 1 is 1.33 bits per heavy atom. The maximum absolute atomic E-state index is 12.8. The predicted octanol–water partition coefficient (Wildman–Crippen LogP) is 1.88. The molecule has 0 amide bonds. The van der Waals surface area contributed by atoms with Gasteiger partial charge in [0, 0.05) is 23.9 Å². The summed E-state index contributed by atoms with van der Waals surface area (Å²) in [5.41, 5.74) is 8.04. The van der Waals surface area contributed by atoms with Crippen LogP contribution in [0.5, 0.6) is 0 Å². The van der Waals surface area contributed by atoms with Crippen LogP contribution in [0.25, 0.3) is 11.5 Å². The van der Waals surface area contributed by atoms with Crippen molar-refractivity contribution in [2.45, 2.75) is 26.3 Å². The third-order valence-corrected chi connectivity index (χ3v) is 2.39. The van der Waals surface area contributed by atoms with Crippen molar-refractivity contribution in [3.8, 4) is 11.5 Å². The topological polar surface area (TPSA) is 64.7 Å². The van der Waals surface area contributed by atoms with E-state index < -0.39 is 0 Å². The highest BCUT2D eigenvalue weighted by molar-refractivity contribution is 5.48. The molecule has 1 atom stereocenters. The molecule has 2 aromatic heterocycles. The molecule has 0 radical (unpaired) electrons. The summed E-state index contributed by atoms with van der Waals surface area (Å²) in [7, 11) is 0. The fourth-order valence-corrected chi connectivity index (χ4v) is 1.69. The van der Waals surface area contributed by atoms with E-state index in [9.17, 15) is 4.39 Å². The SMILES string of the molecule is Cc1cc(CC(C)N)nc(-c2ccc(F)cn2)n1. The van der Waals surface area contributed by atoms with Crippen LogP contribution in [0.4, 0.5) is 4.39 Å². The molecular formula is C13H15FN4. The first-order valence-corrected chi connectivity index (χ1v) is 5.76. The van der Waals surface area contributed by atoms with E-state index in [1.54, 1.807) is 6.07 Å². The lowest BCUT2D eigenvalue weighted by atomic mass is 10.1. The number of hydrogen-bond donors (Lipinski definition) is 1. The second kappa shape index (κ2) is 5.18. The minimum atomic E-state index is -0.373. The van der Waals surface area contributed by atoms with E-state index in [2.05, 4.69) is 15.0 Å². The Morgan fingerprint density at radius 3 is 2.72 bits per heavy atom. The second-order valence-corrected chi connectivity index (χ2v) is 4.37. The van der Waals surface area contributed by atoms with E-state index in [4.69, 9.17) is 5.73 Å². The van der Waals surface area contributed by atoms with Crippen LogP contribution in [0.3, 0.4) is 0 Å². The maximum Gasteiger partial charge on any atom is 0.178 e. The van der Waals surface area contributed by atoms with E-state index in [1.807, 2.05) is 19.9 Å². The normalized spacial score (nSPS) is 12.4. The standard InChI is InChI=1S/C13H15FN4/c1-8(15)5-11-6-9(2)17-13(18-11)12-4-3-10(14)7-16-12/h3-4,6-8H,5,15H2,1-2H3. The van der Waals surface area contributed by atoms with Gasteiger partial charge in [-0.15, -0.1) is 0 Å². The Balaban J connectivity index is 2.38. The van der Waals surface area contributed by atoms with Crippen LogP contribution in [0.15, 0.2) is 24.4 Å². The number of rotatable bonds is 3. The van der Waals surface area contributed by atoms with Crippen molar-refractivity contribution < 1.29 is 4.39 Å². The fourth-order valence-electron chi connectivity index (χ4n) is 1.69. The summed E-state index contributed by atoms with van der Waals surface area (Å²) in [5.74, 6) is 0.132. The van der Waals surface area contributed by atoms with Gasteiger partial charge < -0.3 is 5.73 Å². The number of halogens is 1. The lowest BCUT2D eigenvalue weighted by Gasteiger charge is -2.07. The van der Waals surface area contributed by atoms with Crippen molar-refractivity contribution in [2.75, 3.05) is 0 Å². The van der Waals surface area contributed by atoms with Gasteiger partial charge in [-0.1, -0.05) is 0 Å². The molecule has 0 saturated heterocycles. The highest BCUT2D eigenvalue weighted by atomic mass is 19.1. The maximum atomic E-state index is 12.8. The largest absolute Gasteiger partial charge is 0.328 e. The summed E-state index contributed by atoms with van der Waals surface area (Å²) in [4.78, 5) is 12.7. The van der Waals surface area contributed by atoms with Crippen molar-refractivity contribution in [3.05, 3.63) is 41.6 Å². The van der Waals surface area contributed by atoms with Crippen molar-refractivity contribution in [3.63, 3.8) is 0 Å². The van der Waals surface area contributed by atoms with Crippen LogP contribution in [0.2, 0.25) is 0 Å². The highest BCUT2D eigenvalue weighted by Gasteiger charge is 2.08. The third-order valence-electron chi connectivity index (χ3n) is 2.39. The minimum absolute atomic E-state index is 0.0355. The zero-order valence-electron chi connectivity index (χ0n) is 10.4. The molecular weight excluding hydrogens is 231 g/mol. The lowest BCUT2D eigenvalue weighted by molar-refractivity contribution is 0.621. The molecule has 0 bridgehead atoms. The Hall–Kier alpha value is -1.88. The van der Waals surface area contributed by atoms with Gasteiger partial charge in [-0.3, -0.25) is 0 Å². The third kappa shape index (κ3) is 3.07. The van der Waals surface area contributed by atoms with E-state index in [1.165, 1.54) is 6.07 Å². The van der Waals surface area contributed by atoms with E-state index >= 15 is 0 Å². The zero-order chi connectivity index (χ0) is 13.1. The van der Waals surface area contributed by atoms with Crippen LogP contribution in [0, 0.1) is 12.7 Å². The predicted molar refractivity (Wildman–Crippen MR) is 67.3 cm³/mol. The molecule has 0 spiro atoms. The molecule has 0 aromatic carbocycles. The summed E-state index contributed by atoms with van der Waals surface area (Å²) in [5, 5.41) is 0. The number of nitrogens with zero attached hydrogens (tertiary/aromatic N) is 3. The average molecular weight is 246 g/mol. The summed E-state index contributed by atoms with van der Waals surface area (Å²) >= 11 is 0. The van der Waals surface area contributed by atoms with Gasteiger partial charge >= 0.3 is 0 Å². The summed E-state index contributed by atoms with van der Waals surface area (Å²) in [6.45, 7) is 3.81. The smallest absolute Gasteiger partial charge is 0.178 e. The molecule has 0 aliphatic rings. The first-order valence-electron chi connectivity index (χ1n) is 5.76. The van der Waals surface area contributed by atoms with E-state index in [-0.39, 0.29) is 11.9 Å². The van der Waals surface area contributed by atoms with Crippen LogP contribution in [-0.2, 0) is 6.42 Å². The Labute approximate surface area is 105 Å². The number of nitrogens with two attached hydrogens (primary N) is 1. The molecule has 2 heterocycles. The first-order chi connectivity index (χ1) is 8.54. The molecule has 0 fully saturated rings. The average Bonchev–Trinajstić information content (AvgIpc) is 2.28. The molecule has 0 saturated carbocycles. The molecule has 0 aliphatic heterocycles. The first kappa shape index (κ1) is 12.6. The van der Waals surface area contributed by atoms with Gasteiger partial charge in [0.05, 0.1) is 6.20 Å². The summed E-state index contributed by atoms with van der Waals surface area (Å²) < 4.78 is 12.8. The van der Waals surface area contributed by atoms with Crippen LogP contribution < -0.4 is 5.73 Å². The Kier molecular flexibility index (Phi) is 3.62. The highest BCUT2D eigenvalue weighted by Crippen LogP contribution is 2.14. The van der Waals surface area contributed by atoms with Gasteiger partial charge in [-0.2, -0.15) is 0 Å². The van der Waals surface area contributed by atoms with Gasteiger partial charge in [0.1, 0.15) is 11.5 Å². The van der Waals surface area contributed by atoms with Crippen molar-refractivity contribution in [1.29, 1.82) is 0 Å². The monoisotopic (exact) mass is 246 g/mol. The van der Waals surface area contributed by atoms with Crippen LogP contribution >= 0.6 is 0 Å². The van der Waals surface area contributed by atoms with Crippen LogP contribution in [-0.4, -0.2) is 21.0 Å². The molecule has 0 aliphatic carbocycles. The summed E-state index contributed by atoms with van der Waals surface area (Å²) in [6.07, 6.45) is 1.84. The Bertz CT molecular complexity index is 537. The lowest BCUT2D eigenvalue weighted by Crippen LogP contribution is -2.19. The van der Waals surface area contributed by atoms with Crippen molar-refractivity contribution >= 4 is 0 Å². The van der Waals surface area contributed by atoms with E-state index in [0.29, 0.717) is 17.9 Å². The quantitative estimate of drug-likeness (QED) is 0.898. The van der Waals surface area contributed by atoms with Crippen molar-refractivity contribution in [2.24, 2.45) is 5.73 Å². The van der Waals surface area contributed by atoms with Gasteiger partial charge in [0.15, 0.2) is 5.82 Å². The zero-order valence-corrected chi connectivity index (χ0v) is 10.4. The van der Waals surface area contributed by atoms with Gasteiger partial charge in [0.2, 0.25) is 0 Å². The number of aryl methyl sites for hydroxylation is 1. The Morgan fingerprint density at radius 2 is 2.11 bits per heavy atom. The van der Waals surface area contributed by atoms with Crippen molar-refractivity contribution in [1.82, 2.24) is 15.0 Å². The molecule has 18 heavy (non-hydrogen) atoms. The van der Waals surface area contributed by atoms with Gasteiger partial charge in [0.25, 0.3) is 0 Å². The minimum Gasteiger partial charge on any atom is -0.328 e.